The van der Waals surface area contributed by atoms with Gasteiger partial charge in [-0.05, 0) is 56.6 Å². The van der Waals surface area contributed by atoms with E-state index < -0.39 is 0 Å². The van der Waals surface area contributed by atoms with Crippen molar-refractivity contribution in [1.29, 1.82) is 0 Å². The third-order valence-corrected chi connectivity index (χ3v) is 3.71. The van der Waals surface area contributed by atoms with E-state index in [9.17, 15) is 0 Å². The standard InChI is InChI=1S/C14H21ClN2O/c15-12-3-5-14(6-4-12)18-10-7-13(11-16)17-8-1-2-9-17/h3-6,13H,1-2,7-11,16H2. The Hall–Kier alpha value is -0.770. The Morgan fingerprint density at radius 3 is 2.50 bits per heavy atom. The van der Waals surface area contributed by atoms with Crippen LogP contribution in [0.25, 0.3) is 0 Å². The van der Waals surface area contributed by atoms with E-state index in [0.717, 1.165) is 17.2 Å². The Morgan fingerprint density at radius 2 is 1.89 bits per heavy atom. The Bertz CT molecular complexity index is 349. The van der Waals surface area contributed by atoms with Gasteiger partial charge >= 0.3 is 0 Å². The van der Waals surface area contributed by atoms with Crippen molar-refractivity contribution in [2.75, 3.05) is 26.2 Å². The number of hydrogen-bond acceptors (Lipinski definition) is 3. The van der Waals surface area contributed by atoms with E-state index in [1.165, 1.54) is 25.9 Å². The molecule has 1 atom stereocenters. The Morgan fingerprint density at radius 1 is 1.22 bits per heavy atom. The fourth-order valence-electron chi connectivity index (χ4n) is 2.40. The molecule has 1 heterocycles. The maximum atomic E-state index is 5.84. The second kappa shape index (κ2) is 6.98. The minimum atomic E-state index is 0.458. The van der Waals surface area contributed by atoms with Crippen molar-refractivity contribution in [3.05, 3.63) is 29.3 Å². The van der Waals surface area contributed by atoms with Gasteiger partial charge in [0.1, 0.15) is 5.75 Å². The van der Waals surface area contributed by atoms with Crippen LogP contribution in [-0.4, -0.2) is 37.2 Å². The summed E-state index contributed by atoms with van der Waals surface area (Å²) in [5.74, 6) is 0.872. The van der Waals surface area contributed by atoms with Gasteiger partial charge in [-0.2, -0.15) is 0 Å². The smallest absolute Gasteiger partial charge is 0.119 e. The van der Waals surface area contributed by atoms with Crippen LogP contribution in [0.4, 0.5) is 0 Å². The van der Waals surface area contributed by atoms with Crippen molar-refractivity contribution in [2.24, 2.45) is 5.73 Å². The van der Waals surface area contributed by atoms with Gasteiger partial charge in [0, 0.05) is 17.6 Å². The largest absolute Gasteiger partial charge is 0.494 e. The summed E-state index contributed by atoms with van der Waals surface area (Å²) in [6, 6.07) is 7.95. The summed E-state index contributed by atoms with van der Waals surface area (Å²) in [5.41, 5.74) is 5.84. The first-order valence-corrected chi connectivity index (χ1v) is 7.00. The van der Waals surface area contributed by atoms with Gasteiger partial charge in [0.25, 0.3) is 0 Å². The molecule has 2 N–H and O–H groups in total. The highest BCUT2D eigenvalue weighted by atomic mass is 35.5. The zero-order valence-corrected chi connectivity index (χ0v) is 11.4. The number of rotatable bonds is 6. The first kappa shape index (κ1) is 13.7. The number of benzene rings is 1. The van der Waals surface area contributed by atoms with Gasteiger partial charge in [0.2, 0.25) is 0 Å². The number of nitrogens with zero attached hydrogens (tertiary/aromatic N) is 1. The maximum Gasteiger partial charge on any atom is 0.119 e. The highest BCUT2D eigenvalue weighted by molar-refractivity contribution is 6.30. The van der Waals surface area contributed by atoms with Crippen LogP contribution in [0.1, 0.15) is 19.3 Å². The van der Waals surface area contributed by atoms with Crippen molar-refractivity contribution in [3.63, 3.8) is 0 Å². The van der Waals surface area contributed by atoms with Crippen LogP contribution in [0, 0.1) is 0 Å². The molecule has 1 aromatic carbocycles. The molecule has 2 rings (SSSR count). The quantitative estimate of drug-likeness (QED) is 0.862. The second-order valence-electron chi connectivity index (χ2n) is 4.72. The molecule has 3 nitrogen and oxygen atoms in total. The molecule has 0 aliphatic carbocycles. The molecule has 0 spiro atoms. The minimum absolute atomic E-state index is 0.458. The fourth-order valence-corrected chi connectivity index (χ4v) is 2.53. The summed E-state index contributed by atoms with van der Waals surface area (Å²) >= 11 is 5.83. The van der Waals surface area contributed by atoms with E-state index >= 15 is 0 Å². The predicted molar refractivity (Wildman–Crippen MR) is 75.2 cm³/mol. The average Bonchev–Trinajstić information content (AvgIpc) is 2.91. The summed E-state index contributed by atoms with van der Waals surface area (Å²) in [5, 5.41) is 0.735. The number of nitrogens with two attached hydrogens (primary N) is 1. The molecule has 100 valence electrons. The Labute approximate surface area is 114 Å². The molecule has 0 saturated carbocycles. The number of likely N-dealkylation sites (tertiary alicyclic amines) is 1. The van der Waals surface area contributed by atoms with Crippen LogP contribution in [0.5, 0.6) is 5.75 Å². The van der Waals surface area contributed by atoms with Crippen molar-refractivity contribution in [3.8, 4) is 5.75 Å². The molecule has 1 aliphatic heterocycles. The SMILES string of the molecule is NCC(CCOc1ccc(Cl)cc1)N1CCCC1. The van der Waals surface area contributed by atoms with Gasteiger partial charge in [-0.1, -0.05) is 11.6 Å². The van der Waals surface area contributed by atoms with Crippen LogP contribution in [-0.2, 0) is 0 Å². The van der Waals surface area contributed by atoms with E-state index in [0.29, 0.717) is 19.2 Å². The first-order valence-electron chi connectivity index (χ1n) is 6.62. The average molecular weight is 269 g/mol. The summed E-state index contributed by atoms with van der Waals surface area (Å²) in [4.78, 5) is 2.48. The third-order valence-electron chi connectivity index (χ3n) is 3.46. The van der Waals surface area contributed by atoms with Crippen LogP contribution >= 0.6 is 11.6 Å². The highest BCUT2D eigenvalue weighted by Crippen LogP contribution is 2.17. The summed E-state index contributed by atoms with van der Waals surface area (Å²) in [7, 11) is 0. The monoisotopic (exact) mass is 268 g/mol. The topological polar surface area (TPSA) is 38.5 Å². The van der Waals surface area contributed by atoms with Gasteiger partial charge in [-0.3, -0.25) is 4.90 Å². The lowest BCUT2D eigenvalue weighted by atomic mass is 10.2. The van der Waals surface area contributed by atoms with E-state index in [1.807, 2.05) is 24.3 Å². The molecule has 0 aromatic heterocycles. The highest BCUT2D eigenvalue weighted by Gasteiger charge is 2.20. The van der Waals surface area contributed by atoms with E-state index in [4.69, 9.17) is 22.1 Å². The summed E-state index contributed by atoms with van der Waals surface area (Å²) < 4.78 is 5.71. The van der Waals surface area contributed by atoms with E-state index in [-0.39, 0.29) is 0 Å². The minimum Gasteiger partial charge on any atom is -0.494 e. The van der Waals surface area contributed by atoms with Gasteiger partial charge in [0.05, 0.1) is 6.61 Å². The second-order valence-corrected chi connectivity index (χ2v) is 5.16. The zero-order valence-electron chi connectivity index (χ0n) is 10.6. The van der Waals surface area contributed by atoms with E-state index in [2.05, 4.69) is 4.90 Å². The Kier molecular flexibility index (Phi) is 5.29. The number of halogens is 1. The maximum absolute atomic E-state index is 5.84. The summed E-state index contributed by atoms with van der Waals surface area (Å²) in [6.07, 6.45) is 3.59. The number of hydrogen-bond donors (Lipinski definition) is 1. The van der Waals surface area contributed by atoms with Gasteiger partial charge in [-0.25, -0.2) is 0 Å². The van der Waals surface area contributed by atoms with Crippen molar-refractivity contribution in [1.82, 2.24) is 4.90 Å². The van der Waals surface area contributed by atoms with Crippen molar-refractivity contribution >= 4 is 11.6 Å². The van der Waals surface area contributed by atoms with Crippen LogP contribution in [0.15, 0.2) is 24.3 Å². The molecule has 0 radical (unpaired) electrons. The molecular formula is C14H21ClN2O. The van der Waals surface area contributed by atoms with Crippen molar-refractivity contribution < 1.29 is 4.74 Å². The normalized spacial score (nSPS) is 17.9. The van der Waals surface area contributed by atoms with Gasteiger partial charge < -0.3 is 10.5 Å². The molecule has 1 aliphatic rings. The molecular weight excluding hydrogens is 248 g/mol. The molecule has 1 saturated heterocycles. The molecule has 1 aromatic rings. The zero-order chi connectivity index (χ0) is 12.8. The Balaban J connectivity index is 1.74. The van der Waals surface area contributed by atoms with Gasteiger partial charge in [-0.15, -0.1) is 0 Å². The third kappa shape index (κ3) is 3.87. The lowest BCUT2D eigenvalue weighted by molar-refractivity contribution is 0.197. The predicted octanol–water partition coefficient (Wildman–Crippen LogP) is 2.53. The fraction of sp³-hybridized carbons (Fsp3) is 0.571. The molecule has 4 heteroatoms. The van der Waals surface area contributed by atoms with Crippen LogP contribution in [0.2, 0.25) is 5.02 Å². The lowest BCUT2D eigenvalue weighted by Gasteiger charge is -2.26. The lowest BCUT2D eigenvalue weighted by Crippen LogP contribution is -2.39. The van der Waals surface area contributed by atoms with Crippen LogP contribution in [0.3, 0.4) is 0 Å². The first-order chi connectivity index (χ1) is 8.79. The van der Waals surface area contributed by atoms with Crippen molar-refractivity contribution in [2.45, 2.75) is 25.3 Å². The molecule has 18 heavy (non-hydrogen) atoms. The molecule has 1 fully saturated rings. The van der Waals surface area contributed by atoms with Crippen LogP contribution < -0.4 is 10.5 Å². The molecule has 0 bridgehead atoms. The molecule has 1 unspecified atom stereocenters. The molecule has 0 amide bonds. The number of ether oxygens (including phenoxy) is 1. The summed E-state index contributed by atoms with van der Waals surface area (Å²) in [6.45, 7) is 3.79. The van der Waals surface area contributed by atoms with E-state index in [1.54, 1.807) is 0 Å². The van der Waals surface area contributed by atoms with Gasteiger partial charge in [0.15, 0.2) is 0 Å².